The molecule has 1 N–H and O–H groups in total. The first kappa shape index (κ1) is 14.0. The SMILES string of the molecule is CC(C)=C(F)C(=O)N1C[C@H]2COCC[C@@]2(C(=O)O)C1. The first-order valence-corrected chi connectivity index (χ1v) is 6.32. The van der Waals surface area contributed by atoms with Gasteiger partial charge in [-0.25, -0.2) is 4.39 Å². The molecule has 1 amide bonds. The lowest BCUT2D eigenvalue weighted by Gasteiger charge is -2.33. The van der Waals surface area contributed by atoms with Crippen LogP contribution in [0.4, 0.5) is 4.39 Å². The molecule has 0 bridgehead atoms. The third-order valence-corrected chi connectivity index (χ3v) is 4.05. The van der Waals surface area contributed by atoms with Gasteiger partial charge in [0.2, 0.25) is 0 Å². The van der Waals surface area contributed by atoms with Gasteiger partial charge in [-0.1, -0.05) is 0 Å². The van der Waals surface area contributed by atoms with E-state index in [0.717, 1.165) is 0 Å². The number of aliphatic carboxylic acids is 1. The third-order valence-electron chi connectivity index (χ3n) is 4.05. The zero-order valence-electron chi connectivity index (χ0n) is 11.1. The van der Waals surface area contributed by atoms with Crippen molar-refractivity contribution in [1.82, 2.24) is 4.90 Å². The highest BCUT2D eigenvalue weighted by molar-refractivity contribution is 5.93. The number of rotatable bonds is 2. The molecule has 6 heteroatoms. The highest BCUT2D eigenvalue weighted by Crippen LogP contribution is 2.42. The molecule has 2 saturated heterocycles. The summed E-state index contributed by atoms with van der Waals surface area (Å²) in [5.74, 6) is -2.68. The number of carbonyl (C=O) groups is 2. The summed E-state index contributed by atoms with van der Waals surface area (Å²) >= 11 is 0. The van der Waals surface area contributed by atoms with Crippen LogP contribution in [-0.2, 0) is 14.3 Å². The van der Waals surface area contributed by atoms with Crippen LogP contribution in [0.3, 0.4) is 0 Å². The molecule has 0 spiro atoms. The number of hydrogen-bond donors (Lipinski definition) is 1. The van der Waals surface area contributed by atoms with Gasteiger partial charge >= 0.3 is 5.97 Å². The van der Waals surface area contributed by atoms with E-state index in [2.05, 4.69) is 0 Å². The number of amides is 1. The Morgan fingerprint density at radius 1 is 1.42 bits per heavy atom. The van der Waals surface area contributed by atoms with E-state index >= 15 is 0 Å². The minimum Gasteiger partial charge on any atom is -0.481 e. The van der Waals surface area contributed by atoms with Crippen molar-refractivity contribution in [1.29, 1.82) is 0 Å². The van der Waals surface area contributed by atoms with Gasteiger partial charge in [-0.2, -0.15) is 0 Å². The summed E-state index contributed by atoms with van der Waals surface area (Å²) in [6, 6.07) is 0. The Morgan fingerprint density at radius 2 is 2.11 bits per heavy atom. The number of likely N-dealkylation sites (tertiary alicyclic amines) is 1. The van der Waals surface area contributed by atoms with Crippen LogP contribution < -0.4 is 0 Å². The molecule has 0 unspecified atom stereocenters. The van der Waals surface area contributed by atoms with Crippen molar-refractivity contribution in [2.75, 3.05) is 26.3 Å². The van der Waals surface area contributed by atoms with Gasteiger partial charge in [-0.15, -0.1) is 0 Å². The predicted octanol–water partition coefficient (Wildman–Crippen LogP) is 1.20. The molecule has 0 aromatic carbocycles. The van der Waals surface area contributed by atoms with E-state index in [1.807, 2.05) is 0 Å². The van der Waals surface area contributed by atoms with Crippen molar-refractivity contribution < 1.29 is 23.8 Å². The van der Waals surface area contributed by atoms with E-state index < -0.39 is 23.1 Å². The second kappa shape index (κ2) is 4.92. The quantitative estimate of drug-likeness (QED) is 0.766. The number of fused-ring (bicyclic) bond motifs is 1. The molecule has 0 saturated carbocycles. The summed E-state index contributed by atoms with van der Waals surface area (Å²) in [6.07, 6.45) is 0.368. The smallest absolute Gasteiger partial charge is 0.311 e. The number of carboxylic acids is 1. The van der Waals surface area contributed by atoms with Crippen LogP contribution in [0.1, 0.15) is 20.3 Å². The van der Waals surface area contributed by atoms with Crippen LogP contribution in [0, 0.1) is 11.3 Å². The van der Waals surface area contributed by atoms with Crippen molar-refractivity contribution in [2.24, 2.45) is 11.3 Å². The number of carboxylic acid groups (broad SMARTS) is 1. The average Bonchev–Trinajstić information content (AvgIpc) is 2.77. The molecule has 0 aromatic heterocycles. The van der Waals surface area contributed by atoms with E-state index in [0.29, 0.717) is 25.2 Å². The number of ether oxygens (including phenoxy) is 1. The first-order valence-electron chi connectivity index (χ1n) is 6.32. The molecule has 0 aliphatic carbocycles. The molecule has 5 nitrogen and oxygen atoms in total. The summed E-state index contributed by atoms with van der Waals surface area (Å²) in [7, 11) is 0. The van der Waals surface area contributed by atoms with Crippen molar-refractivity contribution in [3.63, 3.8) is 0 Å². The molecule has 2 aliphatic rings. The van der Waals surface area contributed by atoms with Crippen LogP contribution in [0.15, 0.2) is 11.4 Å². The Hall–Kier alpha value is -1.43. The number of carbonyl (C=O) groups excluding carboxylic acids is 1. The Bertz CT molecular complexity index is 444. The van der Waals surface area contributed by atoms with Crippen LogP contribution in [-0.4, -0.2) is 48.2 Å². The highest BCUT2D eigenvalue weighted by Gasteiger charge is 2.55. The molecular weight excluding hydrogens is 253 g/mol. The Morgan fingerprint density at radius 3 is 2.63 bits per heavy atom. The van der Waals surface area contributed by atoms with E-state index in [9.17, 15) is 19.1 Å². The number of allylic oxidation sites excluding steroid dienone is 1. The predicted molar refractivity (Wildman–Crippen MR) is 65.1 cm³/mol. The summed E-state index contributed by atoms with van der Waals surface area (Å²) in [4.78, 5) is 24.8. The average molecular weight is 271 g/mol. The van der Waals surface area contributed by atoms with E-state index in [1.54, 1.807) is 0 Å². The third kappa shape index (κ3) is 2.25. The van der Waals surface area contributed by atoms with Crippen LogP contribution in [0.2, 0.25) is 0 Å². The zero-order valence-corrected chi connectivity index (χ0v) is 11.1. The van der Waals surface area contributed by atoms with Gasteiger partial charge in [0.25, 0.3) is 5.91 Å². The Balaban J connectivity index is 2.23. The molecule has 2 aliphatic heterocycles. The van der Waals surface area contributed by atoms with Crippen molar-refractivity contribution in [2.45, 2.75) is 20.3 Å². The number of nitrogens with zero attached hydrogens (tertiary/aromatic N) is 1. The first-order chi connectivity index (χ1) is 8.88. The summed E-state index contributed by atoms with van der Waals surface area (Å²) in [6.45, 7) is 4.03. The lowest BCUT2D eigenvalue weighted by Crippen LogP contribution is -2.45. The van der Waals surface area contributed by atoms with Gasteiger partial charge in [-0.3, -0.25) is 9.59 Å². The van der Waals surface area contributed by atoms with Gasteiger partial charge in [0.05, 0.1) is 12.0 Å². The fourth-order valence-electron chi connectivity index (χ4n) is 2.81. The summed E-state index contributed by atoms with van der Waals surface area (Å²) < 4.78 is 19.0. The normalized spacial score (nSPS) is 29.8. The topological polar surface area (TPSA) is 66.8 Å². The summed E-state index contributed by atoms with van der Waals surface area (Å²) in [5.41, 5.74) is -0.670. The molecule has 0 aromatic rings. The van der Waals surface area contributed by atoms with Crippen LogP contribution in [0.25, 0.3) is 0 Å². The largest absolute Gasteiger partial charge is 0.481 e. The van der Waals surface area contributed by atoms with Crippen LogP contribution >= 0.6 is 0 Å². The van der Waals surface area contributed by atoms with Crippen molar-refractivity contribution >= 4 is 11.9 Å². The Labute approximate surface area is 111 Å². The lowest BCUT2D eigenvalue weighted by atomic mass is 9.74. The van der Waals surface area contributed by atoms with E-state index in [4.69, 9.17) is 4.74 Å². The molecular formula is C13H18FNO4. The number of halogens is 1. The van der Waals surface area contributed by atoms with E-state index in [1.165, 1.54) is 18.7 Å². The molecule has 2 atom stereocenters. The minimum absolute atomic E-state index is 0.0654. The van der Waals surface area contributed by atoms with Gasteiger partial charge in [-0.05, 0) is 25.8 Å². The van der Waals surface area contributed by atoms with Gasteiger partial charge in [0.15, 0.2) is 5.83 Å². The number of hydrogen-bond acceptors (Lipinski definition) is 3. The maximum Gasteiger partial charge on any atom is 0.311 e. The molecule has 0 radical (unpaired) electrons. The standard InChI is InChI=1S/C13H18FNO4/c1-8(2)10(14)11(16)15-5-9-6-19-4-3-13(9,7-15)12(17)18/h9H,3-7H2,1-2H3,(H,17,18)/t9-,13+/m0/s1. The minimum atomic E-state index is -0.976. The molecule has 19 heavy (non-hydrogen) atoms. The van der Waals surface area contributed by atoms with Gasteiger partial charge in [0, 0.05) is 25.6 Å². The van der Waals surface area contributed by atoms with Crippen molar-refractivity contribution in [3.8, 4) is 0 Å². The molecule has 2 rings (SSSR count). The van der Waals surface area contributed by atoms with Crippen LogP contribution in [0.5, 0.6) is 0 Å². The van der Waals surface area contributed by atoms with E-state index in [-0.39, 0.29) is 19.0 Å². The second-order valence-electron chi connectivity index (χ2n) is 5.48. The maximum absolute atomic E-state index is 13.7. The fourth-order valence-corrected chi connectivity index (χ4v) is 2.81. The fraction of sp³-hybridized carbons (Fsp3) is 0.692. The Kier molecular flexibility index (Phi) is 3.62. The molecule has 2 fully saturated rings. The maximum atomic E-state index is 13.7. The monoisotopic (exact) mass is 271 g/mol. The summed E-state index contributed by atoms with van der Waals surface area (Å²) in [5, 5.41) is 9.45. The molecule has 2 heterocycles. The highest BCUT2D eigenvalue weighted by atomic mass is 19.1. The second-order valence-corrected chi connectivity index (χ2v) is 5.48. The van der Waals surface area contributed by atoms with Crippen molar-refractivity contribution in [3.05, 3.63) is 11.4 Å². The van der Waals surface area contributed by atoms with Gasteiger partial charge < -0.3 is 14.7 Å². The zero-order chi connectivity index (χ0) is 14.2. The lowest BCUT2D eigenvalue weighted by molar-refractivity contribution is -0.157. The molecule has 106 valence electrons. The van der Waals surface area contributed by atoms with Gasteiger partial charge in [0.1, 0.15) is 0 Å².